The van der Waals surface area contributed by atoms with Crippen LogP contribution in [0.4, 0.5) is 0 Å². The third-order valence-electron chi connectivity index (χ3n) is 2.19. The van der Waals surface area contributed by atoms with Crippen LogP contribution in [0.25, 0.3) is 0 Å². The minimum atomic E-state index is -3.61. The molecule has 0 aliphatic rings. The molecule has 7 nitrogen and oxygen atoms in total. The monoisotopic (exact) mass is 335 g/mol. The van der Waals surface area contributed by atoms with E-state index in [4.69, 9.17) is 5.73 Å². The second-order valence-electron chi connectivity index (χ2n) is 3.98. The Morgan fingerprint density at radius 2 is 1.85 bits per heavy atom. The molecular formula is C10H13N3O4S3. The standard InChI is InChI=1S/C10H13N3O4S3/c1-19(14,15)8-4-3-7(6-12-13-10(11)18)9(5-8)20(2,16)17/h3-6H,1-2H3,(H3,11,13,18). The SMILES string of the molecule is CS(=O)(=O)c1ccc(C=NNC(N)=S)c(S(C)(=O)=O)c1. The van der Waals surface area contributed by atoms with E-state index in [1.165, 1.54) is 18.3 Å². The van der Waals surface area contributed by atoms with Crippen molar-refractivity contribution in [2.75, 3.05) is 12.5 Å². The molecule has 1 rings (SSSR count). The van der Waals surface area contributed by atoms with Gasteiger partial charge >= 0.3 is 0 Å². The van der Waals surface area contributed by atoms with Crippen LogP contribution in [0.15, 0.2) is 33.1 Å². The van der Waals surface area contributed by atoms with E-state index < -0.39 is 19.7 Å². The fraction of sp³-hybridized carbons (Fsp3) is 0.200. The maximum atomic E-state index is 11.7. The van der Waals surface area contributed by atoms with E-state index >= 15 is 0 Å². The van der Waals surface area contributed by atoms with Crippen LogP contribution in [0.2, 0.25) is 0 Å². The molecule has 0 saturated carbocycles. The number of benzene rings is 1. The summed E-state index contributed by atoms with van der Waals surface area (Å²) in [6, 6.07) is 3.73. The van der Waals surface area contributed by atoms with Crippen LogP contribution in [0.1, 0.15) is 5.56 Å². The molecule has 110 valence electrons. The Labute approximate surface area is 122 Å². The number of thiocarbonyl (C=S) groups is 1. The normalized spacial score (nSPS) is 12.5. The number of nitrogens with two attached hydrogens (primary N) is 1. The summed E-state index contributed by atoms with van der Waals surface area (Å²) in [5.74, 6) is 0. The van der Waals surface area contributed by atoms with Crippen LogP contribution < -0.4 is 11.2 Å². The number of hydrogen-bond acceptors (Lipinski definition) is 6. The second kappa shape index (κ2) is 5.85. The highest BCUT2D eigenvalue weighted by molar-refractivity contribution is 7.91. The van der Waals surface area contributed by atoms with E-state index in [-0.39, 0.29) is 20.5 Å². The molecule has 0 aromatic heterocycles. The van der Waals surface area contributed by atoms with Gasteiger partial charge in [-0.15, -0.1) is 0 Å². The van der Waals surface area contributed by atoms with Gasteiger partial charge < -0.3 is 5.73 Å². The molecule has 0 radical (unpaired) electrons. The van der Waals surface area contributed by atoms with Gasteiger partial charge in [0.15, 0.2) is 24.8 Å². The lowest BCUT2D eigenvalue weighted by Gasteiger charge is -2.06. The van der Waals surface area contributed by atoms with Crippen molar-refractivity contribution in [3.8, 4) is 0 Å². The van der Waals surface area contributed by atoms with Gasteiger partial charge in [0.25, 0.3) is 0 Å². The summed E-state index contributed by atoms with van der Waals surface area (Å²) >= 11 is 4.54. The summed E-state index contributed by atoms with van der Waals surface area (Å²) in [7, 11) is -7.12. The van der Waals surface area contributed by atoms with E-state index in [9.17, 15) is 16.8 Å². The van der Waals surface area contributed by atoms with Crippen molar-refractivity contribution in [1.82, 2.24) is 5.43 Å². The van der Waals surface area contributed by atoms with Crippen LogP contribution in [-0.4, -0.2) is 40.7 Å². The highest BCUT2D eigenvalue weighted by atomic mass is 32.2. The highest BCUT2D eigenvalue weighted by Crippen LogP contribution is 2.19. The summed E-state index contributed by atoms with van der Waals surface area (Å²) in [5, 5.41) is 3.58. The molecule has 3 N–H and O–H groups in total. The number of nitrogens with zero attached hydrogens (tertiary/aromatic N) is 1. The fourth-order valence-corrected chi connectivity index (χ4v) is 3.00. The Morgan fingerprint density at radius 3 is 2.30 bits per heavy atom. The Balaban J connectivity index is 3.40. The minimum Gasteiger partial charge on any atom is -0.375 e. The second-order valence-corrected chi connectivity index (χ2v) is 8.42. The summed E-state index contributed by atoms with van der Waals surface area (Å²) in [6.45, 7) is 0. The molecule has 1 aromatic rings. The number of nitrogens with one attached hydrogen (secondary N) is 1. The van der Waals surface area contributed by atoms with Gasteiger partial charge in [-0.3, -0.25) is 5.43 Å². The molecule has 1 aromatic carbocycles. The van der Waals surface area contributed by atoms with E-state index in [2.05, 4.69) is 22.7 Å². The number of hydrogen-bond donors (Lipinski definition) is 2. The quantitative estimate of drug-likeness (QED) is 0.439. The lowest BCUT2D eigenvalue weighted by Crippen LogP contribution is -2.24. The first-order valence-electron chi connectivity index (χ1n) is 5.14. The molecule has 0 aliphatic heterocycles. The fourth-order valence-electron chi connectivity index (χ4n) is 1.34. The molecule has 0 aliphatic carbocycles. The molecule has 20 heavy (non-hydrogen) atoms. The van der Waals surface area contributed by atoms with Crippen molar-refractivity contribution in [2.24, 2.45) is 10.8 Å². The molecule has 0 heterocycles. The van der Waals surface area contributed by atoms with Crippen LogP contribution in [-0.2, 0) is 19.7 Å². The van der Waals surface area contributed by atoms with Gasteiger partial charge in [-0.2, -0.15) is 5.10 Å². The molecular weight excluding hydrogens is 322 g/mol. The zero-order valence-corrected chi connectivity index (χ0v) is 13.1. The average molecular weight is 335 g/mol. The predicted octanol–water partition coefficient (Wildman–Crippen LogP) is -0.339. The van der Waals surface area contributed by atoms with E-state index in [0.29, 0.717) is 0 Å². The van der Waals surface area contributed by atoms with Crippen molar-refractivity contribution < 1.29 is 16.8 Å². The first-order chi connectivity index (χ1) is 9.01. The Kier molecular flexibility index (Phi) is 4.84. The van der Waals surface area contributed by atoms with Gasteiger partial charge in [-0.25, -0.2) is 16.8 Å². The first-order valence-corrected chi connectivity index (χ1v) is 9.33. The van der Waals surface area contributed by atoms with Crippen LogP contribution >= 0.6 is 12.2 Å². The Bertz CT molecular complexity index is 767. The van der Waals surface area contributed by atoms with Gasteiger partial charge in [-0.05, 0) is 24.4 Å². The number of sulfone groups is 2. The van der Waals surface area contributed by atoms with Crippen molar-refractivity contribution in [2.45, 2.75) is 9.79 Å². The third-order valence-corrected chi connectivity index (χ3v) is 4.55. The van der Waals surface area contributed by atoms with Crippen LogP contribution in [0.5, 0.6) is 0 Å². The summed E-state index contributed by atoms with van der Waals surface area (Å²) < 4.78 is 46.3. The molecule has 0 fully saturated rings. The third kappa shape index (κ3) is 4.54. The summed E-state index contributed by atoms with van der Waals surface area (Å²) in [4.78, 5) is -0.230. The van der Waals surface area contributed by atoms with E-state index in [1.54, 1.807) is 0 Å². The predicted molar refractivity (Wildman–Crippen MR) is 80.2 cm³/mol. The maximum absolute atomic E-state index is 11.7. The summed E-state index contributed by atoms with van der Waals surface area (Å²) in [5.41, 5.74) is 7.68. The molecule has 0 amide bonds. The zero-order valence-electron chi connectivity index (χ0n) is 10.7. The van der Waals surface area contributed by atoms with Crippen molar-refractivity contribution in [3.63, 3.8) is 0 Å². The van der Waals surface area contributed by atoms with E-state index in [1.807, 2.05) is 0 Å². The Morgan fingerprint density at radius 1 is 1.25 bits per heavy atom. The van der Waals surface area contributed by atoms with Gasteiger partial charge in [-0.1, -0.05) is 6.07 Å². The Hall–Kier alpha value is -1.52. The summed E-state index contributed by atoms with van der Waals surface area (Å²) in [6.07, 6.45) is 3.17. The van der Waals surface area contributed by atoms with Crippen molar-refractivity contribution >= 4 is 43.2 Å². The van der Waals surface area contributed by atoms with Crippen molar-refractivity contribution in [3.05, 3.63) is 23.8 Å². The average Bonchev–Trinajstić information content (AvgIpc) is 2.25. The van der Waals surface area contributed by atoms with Gasteiger partial charge in [0, 0.05) is 18.1 Å². The molecule has 0 atom stereocenters. The number of rotatable bonds is 4. The van der Waals surface area contributed by atoms with Gasteiger partial charge in [0.2, 0.25) is 0 Å². The van der Waals surface area contributed by atoms with Crippen LogP contribution in [0.3, 0.4) is 0 Å². The van der Waals surface area contributed by atoms with Gasteiger partial charge in [0.05, 0.1) is 16.0 Å². The smallest absolute Gasteiger partial charge is 0.184 e. The minimum absolute atomic E-state index is 0.0742. The molecule has 0 spiro atoms. The topological polar surface area (TPSA) is 119 Å². The van der Waals surface area contributed by atoms with Crippen molar-refractivity contribution in [1.29, 1.82) is 0 Å². The van der Waals surface area contributed by atoms with E-state index in [0.717, 1.165) is 18.6 Å². The molecule has 0 saturated heterocycles. The zero-order chi connectivity index (χ0) is 15.6. The maximum Gasteiger partial charge on any atom is 0.184 e. The molecule has 0 bridgehead atoms. The lowest BCUT2D eigenvalue weighted by atomic mass is 10.2. The lowest BCUT2D eigenvalue weighted by molar-refractivity contribution is 0.600. The molecule has 10 heteroatoms. The van der Waals surface area contributed by atoms with Gasteiger partial charge in [0.1, 0.15) is 0 Å². The molecule has 0 unspecified atom stereocenters. The van der Waals surface area contributed by atoms with Crippen LogP contribution in [0, 0.1) is 0 Å². The highest BCUT2D eigenvalue weighted by Gasteiger charge is 2.16. The largest absolute Gasteiger partial charge is 0.375 e. The first kappa shape index (κ1) is 16.5. The number of hydrazone groups is 1.